The van der Waals surface area contributed by atoms with Gasteiger partial charge in [-0.1, -0.05) is 11.6 Å². The third kappa shape index (κ3) is 2.31. The van der Waals surface area contributed by atoms with E-state index in [0.29, 0.717) is 0 Å². The van der Waals surface area contributed by atoms with Gasteiger partial charge >= 0.3 is 0 Å². The van der Waals surface area contributed by atoms with E-state index >= 15 is 0 Å². The Morgan fingerprint density at radius 2 is 1.92 bits per heavy atom. The second-order valence-corrected chi connectivity index (χ2v) is 3.32. The molecule has 1 aromatic heterocycles. The summed E-state index contributed by atoms with van der Waals surface area (Å²) < 4.78 is 2.02. The molecule has 2 rings (SSSR count). The summed E-state index contributed by atoms with van der Waals surface area (Å²) in [5.41, 5.74) is 0. The molecule has 0 atom stereocenters. The summed E-state index contributed by atoms with van der Waals surface area (Å²) >= 11 is 5.85. The van der Waals surface area contributed by atoms with E-state index in [9.17, 15) is 0 Å². The van der Waals surface area contributed by atoms with Crippen molar-refractivity contribution < 1.29 is 28.5 Å². The standard InChI is InChI=1S/C10H9ClN.HI/c1-12-5-4-8-6-10(11)3-2-9(8)7-12;/h2-7H,1H3;1H/q+1;/p-1. The minimum absolute atomic E-state index is 0. The van der Waals surface area contributed by atoms with E-state index in [1.165, 1.54) is 10.8 Å². The van der Waals surface area contributed by atoms with Crippen molar-refractivity contribution in [2.75, 3.05) is 0 Å². The highest BCUT2D eigenvalue weighted by Crippen LogP contribution is 2.16. The van der Waals surface area contributed by atoms with Crippen LogP contribution >= 0.6 is 11.6 Å². The van der Waals surface area contributed by atoms with E-state index in [1.807, 2.05) is 36.0 Å². The quantitative estimate of drug-likeness (QED) is 0.449. The Bertz CT molecular complexity index is 387. The molecule has 68 valence electrons. The third-order valence-electron chi connectivity index (χ3n) is 1.88. The first kappa shape index (κ1) is 10.7. The molecule has 1 heterocycles. The first-order valence-corrected chi connectivity index (χ1v) is 4.18. The smallest absolute Gasteiger partial charge is 0.176 e. The van der Waals surface area contributed by atoms with Crippen LogP contribution in [-0.2, 0) is 7.05 Å². The highest BCUT2D eigenvalue weighted by Gasteiger charge is 1.98. The SMILES string of the molecule is C[n+]1ccc2cc(Cl)ccc2c1.[I-]. The lowest BCUT2D eigenvalue weighted by Crippen LogP contribution is -3.00. The molecular weight excluding hydrogens is 296 g/mol. The fourth-order valence-corrected chi connectivity index (χ4v) is 1.45. The number of pyridine rings is 1. The molecule has 1 aromatic carbocycles. The van der Waals surface area contributed by atoms with Gasteiger partial charge in [0.25, 0.3) is 0 Å². The summed E-state index contributed by atoms with van der Waals surface area (Å²) in [5, 5.41) is 3.18. The fourth-order valence-electron chi connectivity index (χ4n) is 1.27. The van der Waals surface area contributed by atoms with E-state index in [4.69, 9.17) is 11.6 Å². The van der Waals surface area contributed by atoms with Gasteiger partial charge in [0.05, 0.1) is 0 Å². The highest BCUT2D eigenvalue weighted by molar-refractivity contribution is 6.31. The molecule has 1 nitrogen and oxygen atoms in total. The van der Waals surface area contributed by atoms with Crippen molar-refractivity contribution in [3.05, 3.63) is 41.7 Å². The Hall–Kier alpha value is -0.350. The largest absolute Gasteiger partial charge is 1.00 e. The number of hydrogen-bond donors (Lipinski definition) is 0. The highest BCUT2D eigenvalue weighted by atomic mass is 127. The maximum atomic E-state index is 5.85. The molecule has 13 heavy (non-hydrogen) atoms. The lowest BCUT2D eigenvalue weighted by Gasteiger charge is -1.95. The number of halogens is 2. The minimum atomic E-state index is 0. The van der Waals surface area contributed by atoms with E-state index in [0.717, 1.165) is 5.02 Å². The van der Waals surface area contributed by atoms with E-state index in [-0.39, 0.29) is 24.0 Å². The zero-order chi connectivity index (χ0) is 8.55. The molecule has 0 radical (unpaired) electrons. The number of hydrogen-bond acceptors (Lipinski definition) is 0. The van der Waals surface area contributed by atoms with Crippen LogP contribution in [-0.4, -0.2) is 0 Å². The molecule has 0 bridgehead atoms. The number of aryl methyl sites for hydroxylation is 1. The molecule has 0 amide bonds. The van der Waals surface area contributed by atoms with Gasteiger partial charge in [-0.25, -0.2) is 4.57 Å². The normalized spacial score (nSPS) is 9.69. The lowest BCUT2D eigenvalue weighted by atomic mass is 10.2. The van der Waals surface area contributed by atoms with Crippen molar-refractivity contribution in [3.8, 4) is 0 Å². The number of nitrogens with zero attached hydrogens (tertiary/aromatic N) is 1. The number of rotatable bonds is 0. The summed E-state index contributed by atoms with van der Waals surface area (Å²) in [5.74, 6) is 0. The summed E-state index contributed by atoms with van der Waals surface area (Å²) in [7, 11) is 2.01. The molecule has 0 saturated carbocycles. The molecule has 0 N–H and O–H groups in total. The summed E-state index contributed by atoms with van der Waals surface area (Å²) in [6.07, 6.45) is 4.09. The molecule has 0 unspecified atom stereocenters. The van der Waals surface area contributed by atoms with Crippen LogP contribution in [0, 0.1) is 0 Å². The maximum absolute atomic E-state index is 5.85. The Morgan fingerprint density at radius 1 is 1.15 bits per heavy atom. The van der Waals surface area contributed by atoms with Gasteiger partial charge in [-0.15, -0.1) is 0 Å². The number of benzene rings is 1. The van der Waals surface area contributed by atoms with Gasteiger partial charge in [0.2, 0.25) is 0 Å². The van der Waals surface area contributed by atoms with Gasteiger partial charge in [0.1, 0.15) is 7.05 Å². The van der Waals surface area contributed by atoms with Crippen molar-refractivity contribution in [1.29, 1.82) is 0 Å². The average molecular weight is 306 g/mol. The molecule has 0 spiro atoms. The van der Waals surface area contributed by atoms with Crippen LogP contribution in [0.15, 0.2) is 36.7 Å². The Morgan fingerprint density at radius 3 is 2.69 bits per heavy atom. The Balaban J connectivity index is 0.000000845. The van der Waals surface area contributed by atoms with E-state index in [1.54, 1.807) is 0 Å². The minimum Gasteiger partial charge on any atom is -1.00 e. The molecule has 3 heteroatoms. The van der Waals surface area contributed by atoms with Crippen LogP contribution in [0.2, 0.25) is 5.02 Å². The monoisotopic (exact) mass is 305 g/mol. The van der Waals surface area contributed by atoms with Crippen molar-refractivity contribution in [2.45, 2.75) is 0 Å². The van der Waals surface area contributed by atoms with E-state index in [2.05, 4.69) is 12.3 Å². The van der Waals surface area contributed by atoms with Gasteiger partial charge in [0.15, 0.2) is 12.4 Å². The van der Waals surface area contributed by atoms with Gasteiger partial charge < -0.3 is 24.0 Å². The zero-order valence-corrected chi connectivity index (χ0v) is 10.1. The summed E-state index contributed by atoms with van der Waals surface area (Å²) in [6, 6.07) is 7.96. The molecule has 0 aliphatic rings. The van der Waals surface area contributed by atoms with Gasteiger partial charge in [-0.05, 0) is 23.6 Å². The Labute approximate surface area is 99.4 Å². The van der Waals surface area contributed by atoms with E-state index < -0.39 is 0 Å². The van der Waals surface area contributed by atoms with Crippen molar-refractivity contribution in [2.24, 2.45) is 7.05 Å². The van der Waals surface area contributed by atoms with Crippen LogP contribution in [0.4, 0.5) is 0 Å². The molecule has 2 aromatic rings. The second-order valence-electron chi connectivity index (χ2n) is 2.88. The zero-order valence-electron chi connectivity index (χ0n) is 7.17. The molecule has 0 fully saturated rings. The van der Waals surface area contributed by atoms with Crippen LogP contribution in [0.5, 0.6) is 0 Å². The topological polar surface area (TPSA) is 3.88 Å². The van der Waals surface area contributed by atoms with Crippen molar-refractivity contribution in [1.82, 2.24) is 0 Å². The van der Waals surface area contributed by atoms with Gasteiger partial charge in [-0.2, -0.15) is 0 Å². The summed E-state index contributed by atoms with van der Waals surface area (Å²) in [6.45, 7) is 0. The number of aromatic nitrogens is 1. The van der Waals surface area contributed by atoms with Crippen molar-refractivity contribution >= 4 is 22.4 Å². The van der Waals surface area contributed by atoms with Crippen molar-refractivity contribution in [3.63, 3.8) is 0 Å². The van der Waals surface area contributed by atoms with Gasteiger partial charge in [-0.3, -0.25) is 0 Å². The molecular formula is C10H9ClIN. The maximum Gasteiger partial charge on any atom is 0.176 e. The molecule has 0 aliphatic carbocycles. The predicted molar refractivity (Wildman–Crippen MR) is 50.1 cm³/mol. The fraction of sp³-hybridized carbons (Fsp3) is 0.100. The molecule has 0 aliphatic heterocycles. The first-order valence-electron chi connectivity index (χ1n) is 3.80. The lowest BCUT2D eigenvalue weighted by molar-refractivity contribution is -0.670. The van der Waals surface area contributed by atoms with Crippen LogP contribution < -0.4 is 28.5 Å². The average Bonchev–Trinajstić information content (AvgIpc) is 2.05. The second kappa shape index (κ2) is 4.24. The summed E-state index contributed by atoms with van der Waals surface area (Å²) in [4.78, 5) is 0. The van der Waals surface area contributed by atoms with Crippen LogP contribution in [0.25, 0.3) is 10.8 Å². The first-order chi connectivity index (χ1) is 5.75. The third-order valence-corrected chi connectivity index (χ3v) is 2.12. The van der Waals surface area contributed by atoms with Crippen LogP contribution in [0.3, 0.4) is 0 Å². The number of fused-ring (bicyclic) bond motifs is 1. The van der Waals surface area contributed by atoms with Crippen LogP contribution in [0.1, 0.15) is 0 Å². The Kier molecular flexibility index (Phi) is 3.50. The molecule has 0 saturated heterocycles. The van der Waals surface area contributed by atoms with Gasteiger partial charge in [0, 0.05) is 16.5 Å². The predicted octanol–water partition coefficient (Wildman–Crippen LogP) is -0.678.